The number of halogens is 1. The van der Waals surface area contributed by atoms with Crippen LogP contribution < -0.4 is 10.1 Å². The van der Waals surface area contributed by atoms with E-state index in [1.54, 1.807) is 18.5 Å². The molecule has 1 aliphatic heterocycles. The third-order valence-corrected chi connectivity index (χ3v) is 5.30. The topological polar surface area (TPSA) is 107 Å². The highest BCUT2D eigenvalue weighted by Gasteiger charge is 2.45. The van der Waals surface area contributed by atoms with Crippen LogP contribution in [0.3, 0.4) is 0 Å². The fourth-order valence-corrected chi connectivity index (χ4v) is 3.67. The molecule has 0 radical (unpaired) electrons. The number of hydrogen-bond donors (Lipinski definition) is 1. The maximum absolute atomic E-state index is 13.3. The third-order valence-electron chi connectivity index (χ3n) is 4.87. The molecule has 1 N–H and O–H groups in total. The molecule has 10 heteroatoms. The molecule has 2 rings (SSSR count). The van der Waals surface area contributed by atoms with Gasteiger partial charge in [0, 0.05) is 23.1 Å². The smallest absolute Gasteiger partial charge is 0.407 e. The molecule has 2 amide bonds. The number of nitrogens with zero attached hydrogens (tertiary/aromatic N) is 2. The lowest BCUT2D eigenvalue weighted by Crippen LogP contribution is -2.56. The van der Waals surface area contributed by atoms with Crippen LogP contribution in [-0.4, -0.2) is 67.3 Å². The first-order valence-electron chi connectivity index (χ1n) is 9.53. The second-order valence-corrected chi connectivity index (χ2v) is 9.13. The number of esters is 1. The molecule has 1 aliphatic rings. The molecule has 30 heavy (non-hydrogen) atoms. The quantitative estimate of drug-likeness (QED) is 0.616. The van der Waals surface area contributed by atoms with Crippen molar-refractivity contribution in [2.24, 2.45) is 11.3 Å². The normalized spacial score (nSPS) is 19.7. The largest absolute Gasteiger partial charge is 0.492 e. The lowest BCUT2D eigenvalue weighted by atomic mass is 9.85. The van der Waals surface area contributed by atoms with Crippen LogP contribution in [0.15, 0.2) is 22.9 Å². The number of aromatic nitrogens is 1. The number of methoxy groups -OCH3 is 2. The van der Waals surface area contributed by atoms with Gasteiger partial charge in [0.15, 0.2) is 0 Å². The molecular weight excluding hydrogens is 458 g/mol. The molecule has 9 nitrogen and oxygen atoms in total. The van der Waals surface area contributed by atoms with E-state index < -0.39 is 29.6 Å². The zero-order valence-electron chi connectivity index (χ0n) is 17.8. The number of rotatable bonds is 6. The fraction of sp³-hybridized carbons (Fsp3) is 0.600. The Hall–Kier alpha value is -2.36. The number of likely N-dealkylation sites (tertiary alicyclic amines) is 1. The van der Waals surface area contributed by atoms with Crippen LogP contribution in [0, 0.1) is 11.3 Å². The summed E-state index contributed by atoms with van der Waals surface area (Å²) in [6.07, 6.45) is 2.93. The van der Waals surface area contributed by atoms with Gasteiger partial charge < -0.3 is 24.4 Å². The van der Waals surface area contributed by atoms with E-state index in [1.807, 2.05) is 20.8 Å². The number of carbonyl (C=O) groups excluding carboxylic acids is 3. The van der Waals surface area contributed by atoms with Crippen LogP contribution in [0.1, 0.15) is 27.2 Å². The molecule has 0 aromatic carbocycles. The van der Waals surface area contributed by atoms with Gasteiger partial charge in [0.1, 0.15) is 17.8 Å². The van der Waals surface area contributed by atoms with Crippen LogP contribution in [0.5, 0.6) is 5.75 Å². The van der Waals surface area contributed by atoms with Crippen molar-refractivity contribution < 1.29 is 28.6 Å². The van der Waals surface area contributed by atoms with Crippen LogP contribution in [0.25, 0.3) is 0 Å². The zero-order chi connectivity index (χ0) is 22.5. The predicted molar refractivity (Wildman–Crippen MR) is 112 cm³/mol. The summed E-state index contributed by atoms with van der Waals surface area (Å²) in [6.45, 7) is 6.09. The minimum absolute atomic E-state index is 0.0872. The Bertz CT molecular complexity index is 782. The molecule has 0 bridgehead atoms. The average molecular weight is 486 g/mol. The summed E-state index contributed by atoms with van der Waals surface area (Å²) in [6, 6.07) is 0.172. The molecule has 3 unspecified atom stereocenters. The number of nitrogens with one attached hydrogen (secondary N) is 1. The van der Waals surface area contributed by atoms with Gasteiger partial charge in [0.25, 0.3) is 0 Å². The van der Waals surface area contributed by atoms with Gasteiger partial charge in [-0.1, -0.05) is 20.8 Å². The van der Waals surface area contributed by atoms with E-state index in [9.17, 15) is 14.4 Å². The van der Waals surface area contributed by atoms with Crippen molar-refractivity contribution in [2.45, 2.75) is 39.3 Å². The van der Waals surface area contributed by atoms with E-state index in [2.05, 4.69) is 31.0 Å². The van der Waals surface area contributed by atoms with Gasteiger partial charge in [0.05, 0.1) is 27.0 Å². The van der Waals surface area contributed by atoms with Gasteiger partial charge in [-0.25, -0.2) is 9.59 Å². The van der Waals surface area contributed by atoms with Crippen LogP contribution in [0.4, 0.5) is 4.79 Å². The highest BCUT2D eigenvalue weighted by molar-refractivity contribution is 9.10. The van der Waals surface area contributed by atoms with Crippen molar-refractivity contribution in [3.05, 3.63) is 22.9 Å². The summed E-state index contributed by atoms with van der Waals surface area (Å²) in [7, 11) is 2.52. The van der Waals surface area contributed by atoms with Crippen molar-refractivity contribution in [3.8, 4) is 5.75 Å². The molecule has 0 aliphatic carbocycles. The summed E-state index contributed by atoms with van der Waals surface area (Å²) in [5, 5.41) is 2.59. The van der Waals surface area contributed by atoms with Crippen molar-refractivity contribution in [2.75, 3.05) is 27.4 Å². The molecule has 1 aromatic rings. The first kappa shape index (κ1) is 23.9. The summed E-state index contributed by atoms with van der Waals surface area (Å²) in [4.78, 5) is 43.0. The van der Waals surface area contributed by atoms with E-state index in [-0.39, 0.29) is 11.8 Å². The second kappa shape index (κ2) is 10.1. The Kier molecular flexibility index (Phi) is 8.05. The molecule has 3 atom stereocenters. The minimum Gasteiger partial charge on any atom is -0.492 e. The maximum Gasteiger partial charge on any atom is 0.407 e. The molecule has 1 saturated heterocycles. The Morgan fingerprint density at radius 3 is 2.53 bits per heavy atom. The highest BCUT2D eigenvalue weighted by atomic mass is 79.9. The third kappa shape index (κ3) is 6.07. The van der Waals surface area contributed by atoms with Crippen molar-refractivity contribution >= 4 is 33.9 Å². The first-order valence-corrected chi connectivity index (χ1v) is 10.3. The number of hydrogen-bond acceptors (Lipinski definition) is 7. The Balaban J connectivity index is 2.17. The van der Waals surface area contributed by atoms with E-state index in [0.29, 0.717) is 25.3 Å². The van der Waals surface area contributed by atoms with Gasteiger partial charge >= 0.3 is 12.1 Å². The lowest BCUT2D eigenvalue weighted by Gasteiger charge is -2.34. The number of ether oxygens (including phenoxy) is 3. The lowest BCUT2D eigenvalue weighted by molar-refractivity contribution is -0.152. The summed E-state index contributed by atoms with van der Waals surface area (Å²) in [5.41, 5.74) is -0.595. The Morgan fingerprint density at radius 2 is 1.97 bits per heavy atom. The van der Waals surface area contributed by atoms with Gasteiger partial charge in [-0.15, -0.1) is 0 Å². The Morgan fingerprint density at radius 1 is 1.27 bits per heavy atom. The molecule has 166 valence electrons. The summed E-state index contributed by atoms with van der Waals surface area (Å²) in [5.74, 6) is -0.366. The summed E-state index contributed by atoms with van der Waals surface area (Å²) >= 11 is 3.34. The van der Waals surface area contributed by atoms with Crippen molar-refractivity contribution in [1.29, 1.82) is 0 Å². The molecule has 1 aromatic heterocycles. The van der Waals surface area contributed by atoms with E-state index in [1.165, 1.54) is 19.1 Å². The number of amides is 2. The van der Waals surface area contributed by atoms with Crippen molar-refractivity contribution in [1.82, 2.24) is 15.2 Å². The first-order chi connectivity index (χ1) is 14.1. The number of carbonyl (C=O) groups is 3. The standard InChI is InChI=1S/C20H28BrN3O6/c1-20(2,3)16(23-19(27)29-5)17(25)24-10-12(6-15(24)18(26)28-4)11-30-14-7-13(21)8-22-9-14/h7-9,12,15-16H,6,10-11H2,1-5H3,(H,23,27). The van der Waals surface area contributed by atoms with Gasteiger partial charge in [-0.3, -0.25) is 9.78 Å². The minimum atomic E-state index is -0.869. The average Bonchev–Trinajstić information content (AvgIpc) is 3.12. The van der Waals surface area contributed by atoms with E-state index >= 15 is 0 Å². The molecule has 0 spiro atoms. The predicted octanol–water partition coefficient (Wildman–Crippen LogP) is 2.38. The molecule has 2 heterocycles. The molecule has 0 saturated carbocycles. The van der Waals surface area contributed by atoms with Crippen LogP contribution in [0.2, 0.25) is 0 Å². The zero-order valence-corrected chi connectivity index (χ0v) is 19.4. The van der Waals surface area contributed by atoms with Gasteiger partial charge in [0.2, 0.25) is 5.91 Å². The Labute approximate surface area is 184 Å². The molecular formula is C20H28BrN3O6. The second-order valence-electron chi connectivity index (χ2n) is 8.22. The summed E-state index contributed by atoms with van der Waals surface area (Å²) < 4.78 is 16.2. The van der Waals surface area contributed by atoms with E-state index in [4.69, 9.17) is 9.47 Å². The maximum atomic E-state index is 13.3. The number of alkyl carbamates (subject to hydrolysis) is 1. The SMILES string of the molecule is COC(=O)NC(C(=O)N1CC(COc2cncc(Br)c2)CC1C(=O)OC)C(C)(C)C. The van der Waals surface area contributed by atoms with Crippen molar-refractivity contribution in [3.63, 3.8) is 0 Å². The highest BCUT2D eigenvalue weighted by Crippen LogP contribution is 2.30. The van der Waals surface area contributed by atoms with E-state index in [0.717, 1.165) is 4.47 Å². The monoisotopic (exact) mass is 485 g/mol. The van der Waals surface area contributed by atoms with Gasteiger partial charge in [-0.2, -0.15) is 0 Å². The van der Waals surface area contributed by atoms with Crippen LogP contribution in [-0.2, 0) is 19.1 Å². The van der Waals surface area contributed by atoms with Gasteiger partial charge in [-0.05, 0) is 33.8 Å². The molecule has 1 fully saturated rings. The fourth-order valence-electron chi connectivity index (χ4n) is 3.32. The number of pyridine rings is 1. The van der Waals surface area contributed by atoms with Crippen LogP contribution >= 0.6 is 15.9 Å².